The molecule has 0 saturated heterocycles. The normalized spacial score (nSPS) is 13.8. The molecule has 5 heteroatoms. The van der Waals surface area contributed by atoms with Crippen LogP contribution in [0.4, 0.5) is 11.4 Å². The third-order valence-corrected chi connectivity index (χ3v) is 4.42. The monoisotopic (exact) mass is 325 g/mol. The number of benzene rings is 2. The van der Waals surface area contributed by atoms with Gasteiger partial charge in [0.25, 0.3) is 0 Å². The average molecular weight is 325 g/mol. The second kappa shape index (κ2) is 7.83. The van der Waals surface area contributed by atoms with Gasteiger partial charge in [0.15, 0.2) is 5.17 Å². The number of amides is 1. The Labute approximate surface area is 140 Å². The maximum absolute atomic E-state index is 12.8. The van der Waals surface area contributed by atoms with Crippen molar-refractivity contribution in [3.05, 3.63) is 60.7 Å². The van der Waals surface area contributed by atoms with Crippen LogP contribution in [0.15, 0.2) is 65.7 Å². The molecular formula is C18H19N3OS. The van der Waals surface area contributed by atoms with Gasteiger partial charge < -0.3 is 5.32 Å². The molecule has 4 nitrogen and oxygen atoms in total. The molecule has 1 heterocycles. The van der Waals surface area contributed by atoms with Crippen molar-refractivity contribution in [2.75, 3.05) is 23.7 Å². The standard InChI is InChI=1S/C18H19N3OS/c22-17(14-23-18-19-12-7-13-20-18)21(15-8-3-1-4-9-15)16-10-5-2-6-11-16/h1-6,8-11H,7,12-14H2,(H,19,20). The van der Waals surface area contributed by atoms with Crippen LogP contribution in [0.1, 0.15) is 6.42 Å². The fraction of sp³-hybridized carbons (Fsp3) is 0.222. The Balaban J connectivity index is 1.78. The first-order chi connectivity index (χ1) is 11.3. The number of nitrogens with one attached hydrogen (secondary N) is 1. The predicted octanol–water partition coefficient (Wildman–Crippen LogP) is 3.43. The van der Waals surface area contributed by atoms with Crippen molar-refractivity contribution in [2.45, 2.75) is 6.42 Å². The number of thioether (sulfide) groups is 1. The van der Waals surface area contributed by atoms with Crippen LogP contribution in [-0.2, 0) is 4.79 Å². The third-order valence-electron chi connectivity index (χ3n) is 3.48. The summed E-state index contributed by atoms with van der Waals surface area (Å²) in [6.07, 6.45) is 1.05. The highest BCUT2D eigenvalue weighted by molar-refractivity contribution is 8.14. The lowest BCUT2D eigenvalue weighted by atomic mass is 10.2. The number of rotatable bonds is 4. The highest BCUT2D eigenvalue weighted by atomic mass is 32.2. The Hall–Kier alpha value is -2.27. The van der Waals surface area contributed by atoms with Gasteiger partial charge >= 0.3 is 0 Å². The zero-order valence-corrected chi connectivity index (χ0v) is 13.6. The summed E-state index contributed by atoms with van der Waals surface area (Å²) >= 11 is 1.47. The summed E-state index contributed by atoms with van der Waals surface area (Å²) in [4.78, 5) is 19.0. The summed E-state index contributed by atoms with van der Waals surface area (Å²) in [5.74, 6) is 0.401. The van der Waals surface area contributed by atoms with Crippen LogP contribution in [0, 0.1) is 0 Å². The Kier molecular flexibility index (Phi) is 5.32. The number of aliphatic imine (C=N–C) groups is 1. The maximum atomic E-state index is 12.8. The minimum Gasteiger partial charge on any atom is -0.365 e. The number of para-hydroxylation sites is 2. The second-order valence-electron chi connectivity index (χ2n) is 5.16. The fourth-order valence-electron chi connectivity index (χ4n) is 2.39. The number of hydrogen-bond acceptors (Lipinski definition) is 4. The fourth-order valence-corrected chi connectivity index (χ4v) is 3.17. The Morgan fingerprint density at radius 1 is 1.04 bits per heavy atom. The van der Waals surface area contributed by atoms with Gasteiger partial charge in [0, 0.05) is 24.5 Å². The lowest BCUT2D eigenvalue weighted by Crippen LogP contribution is -2.31. The van der Waals surface area contributed by atoms with E-state index in [0.717, 1.165) is 36.1 Å². The van der Waals surface area contributed by atoms with Gasteiger partial charge in [-0.05, 0) is 30.7 Å². The second-order valence-corrected chi connectivity index (χ2v) is 6.12. The molecule has 2 aromatic rings. The molecule has 1 amide bonds. The van der Waals surface area contributed by atoms with E-state index in [9.17, 15) is 4.79 Å². The van der Waals surface area contributed by atoms with Gasteiger partial charge in [-0.15, -0.1) is 0 Å². The molecule has 0 aromatic heterocycles. The summed E-state index contributed by atoms with van der Waals surface area (Å²) in [6, 6.07) is 19.5. The topological polar surface area (TPSA) is 44.7 Å². The molecule has 1 aliphatic heterocycles. The van der Waals surface area contributed by atoms with E-state index < -0.39 is 0 Å². The lowest BCUT2D eigenvalue weighted by molar-refractivity contribution is -0.115. The molecule has 2 aromatic carbocycles. The van der Waals surface area contributed by atoms with Crippen molar-refractivity contribution >= 4 is 34.2 Å². The van der Waals surface area contributed by atoms with Gasteiger partial charge in [-0.2, -0.15) is 0 Å². The van der Waals surface area contributed by atoms with E-state index in [1.165, 1.54) is 11.8 Å². The Morgan fingerprint density at radius 2 is 1.65 bits per heavy atom. The molecule has 0 aliphatic carbocycles. The summed E-state index contributed by atoms with van der Waals surface area (Å²) < 4.78 is 0. The number of anilines is 2. The molecule has 1 aliphatic rings. The summed E-state index contributed by atoms with van der Waals surface area (Å²) in [5.41, 5.74) is 1.76. The van der Waals surface area contributed by atoms with Crippen LogP contribution in [0.5, 0.6) is 0 Å². The minimum atomic E-state index is 0.0440. The van der Waals surface area contributed by atoms with Gasteiger partial charge in [-0.25, -0.2) is 0 Å². The molecule has 0 saturated carbocycles. The molecule has 0 spiro atoms. The molecule has 0 fully saturated rings. The van der Waals surface area contributed by atoms with Crippen molar-refractivity contribution in [1.29, 1.82) is 0 Å². The molecule has 118 valence electrons. The number of hydrogen-bond donors (Lipinski definition) is 1. The first kappa shape index (κ1) is 15.6. The largest absolute Gasteiger partial charge is 0.365 e. The van der Waals surface area contributed by atoms with Crippen molar-refractivity contribution in [3.63, 3.8) is 0 Å². The van der Waals surface area contributed by atoms with E-state index in [0.29, 0.717) is 5.75 Å². The van der Waals surface area contributed by atoms with Crippen LogP contribution >= 0.6 is 11.8 Å². The number of amidine groups is 1. The molecule has 0 unspecified atom stereocenters. The Morgan fingerprint density at radius 3 is 2.17 bits per heavy atom. The van der Waals surface area contributed by atoms with E-state index in [4.69, 9.17) is 0 Å². The van der Waals surface area contributed by atoms with Gasteiger partial charge in [0.05, 0.1) is 5.75 Å². The van der Waals surface area contributed by atoms with Crippen molar-refractivity contribution in [2.24, 2.45) is 4.99 Å². The van der Waals surface area contributed by atoms with Crippen molar-refractivity contribution in [1.82, 2.24) is 5.32 Å². The average Bonchev–Trinajstić information content (AvgIpc) is 2.63. The first-order valence-corrected chi connectivity index (χ1v) is 8.67. The number of carbonyl (C=O) groups is 1. The quantitative estimate of drug-likeness (QED) is 0.936. The summed E-state index contributed by atoms with van der Waals surface area (Å²) in [7, 11) is 0. The van der Waals surface area contributed by atoms with E-state index >= 15 is 0 Å². The van der Waals surface area contributed by atoms with Crippen LogP contribution in [0.25, 0.3) is 0 Å². The molecular weight excluding hydrogens is 306 g/mol. The van der Waals surface area contributed by atoms with E-state index in [2.05, 4.69) is 10.3 Å². The zero-order valence-electron chi connectivity index (χ0n) is 12.8. The highest BCUT2D eigenvalue weighted by Gasteiger charge is 2.18. The number of carbonyl (C=O) groups excluding carboxylic acids is 1. The van der Waals surface area contributed by atoms with Crippen LogP contribution in [0.2, 0.25) is 0 Å². The highest BCUT2D eigenvalue weighted by Crippen LogP contribution is 2.26. The maximum Gasteiger partial charge on any atom is 0.242 e. The van der Waals surface area contributed by atoms with E-state index in [1.54, 1.807) is 4.90 Å². The Bertz CT molecular complexity index is 634. The van der Waals surface area contributed by atoms with Crippen molar-refractivity contribution < 1.29 is 4.79 Å². The SMILES string of the molecule is O=C(CSC1=NCCCN1)N(c1ccccc1)c1ccccc1. The summed E-state index contributed by atoms with van der Waals surface area (Å²) in [6.45, 7) is 1.77. The summed E-state index contributed by atoms with van der Waals surface area (Å²) in [5, 5.41) is 4.10. The molecule has 1 N–H and O–H groups in total. The molecule has 23 heavy (non-hydrogen) atoms. The third kappa shape index (κ3) is 4.13. The predicted molar refractivity (Wildman–Crippen MR) is 97.4 cm³/mol. The number of nitrogens with zero attached hydrogens (tertiary/aromatic N) is 2. The molecule has 3 rings (SSSR count). The molecule has 0 atom stereocenters. The van der Waals surface area contributed by atoms with Gasteiger partial charge in [0.1, 0.15) is 0 Å². The van der Waals surface area contributed by atoms with Crippen LogP contribution in [0.3, 0.4) is 0 Å². The van der Waals surface area contributed by atoms with Gasteiger partial charge in [0.2, 0.25) is 5.91 Å². The van der Waals surface area contributed by atoms with Crippen molar-refractivity contribution in [3.8, 4) is 0 Å². The smallest absolute Gasteiger partial charge is 0.242 e. The molecule has 0 radical (unpaired) electrons. The lowest BCUT2D eigenvalue weighted by Gasteiger charge is -2.23. The first-order valence-electron chi connectivity index (χ1n) is 7.69. The van der Waals surface area contributed by atoms with Crippen LogP contribution < -0.4 is 10.2 Å². The molecule has 0 bridgehead atoms. The zero-order chi connectivity index (χ0) is 15.9. The van der Waals surface area contributed by atoms with E-state index in [1.807, 2.05) is 60.7 Å². The van der Waals surface area contributed by atoms with Gasteiger partial charge in [-0.3, -0.25) is 14.7 Å². The van der Waals surface area contributed by atoms with E-state index in [-0.39, 0.29) is 5.91 Å². The minimum absolute atomic E-state index is 0.0440. The van der Waals surface area contributed by atoms with Gasteiger partial charge in [-0.1, -0.05) is 48.2 Å². The van der Waals surface area contributed by atoms with Crippen LogP contribution in [-0.4, -0.2) is 29.9 Å².